The van der Waals surface area contributed by atoms with Gasteiger partial charge in [0.2, 0.25) is 10.0 Å². The molecule has 0 spiro atoms. The number of rotatable bonds is 8. The topological polar surface area (TPSA) is 77.8 Å². The number of phenols is 1. The highest BCUT2D eigenvalue weighted by atomic mass is 32.2. The van der Waals surface area contributed by atoms with Crippen LogP contribution in [0, 0.1) is 5.92 Å². The highest BCUT2D eigenvalue weighted by Crippen LogP contribution is 2.30. The molecule has 0 bridgehead atoms. The van der Waals surface area contributed by atoms with Crippen LogP contribution in [-0.2, 0) is 16.4 Å². The molecular weight excluding hydrogens is 350 g/mol. The van der Waals surface area contributed by atoms with Crippen LogP contribution in [0.25, 0.3) is 0 Å². The second-order valence-electron chi connectivity index (χ2n) is 6.92. The molecule has 142 valence electrons. The van der Waals surface area contributed by atoms with Crippen molar-refractivity contribution in [3.63, 3.8) is 0 Å². The lowest BCUT2D eigenvalue weighted by molar-refractivity contribution is -0.0674. The average Bonchev–Trinajstić information content (AvgIpc) is 2.60. The molecule has 0 heterocycles. The Kier molecular flexibility index (Phi) is 6.44. The third kappa shape index (κ3) is 4.63. The minimum atomic E-state index is -3.93. The number of sulfonamides is 1. The lowest BCUT2D eigenvalue weighted by atomic mass is 9.99. The molecule has 0 aromatic heterocycles. The van der Waals surface area contributed by atoms with Crippen LogP contribution in [0.15, 0.2) is 59.5 Å². The number of hydrogen-bond acceptors (Lipinski definition) is 4. The molecular formula is C20H27NO4S. The third-order valence-electron chi connectivity index (χ3n) is 4.32. The molecule has 5 nitrogen and oxygen atoms in total. The zero-order valence-electron chi connectivity index (χ0n) is 15.5. The van der Waals surface area contributed by atoms with E-state index in [1.807, 2.05) is 44.2 Å². The van der Waals surface area contributed by atoms with Crippen molar-refractivity contribution < 1.29 is 18.6 Å². The summed E-state index contributed by atoms with van der Waals surface area (Å²) in [5.74, 6) is 0.0325. The second kappa shape index (κ2) is 8.20. The van der Waals surface area contributed by atoms with E-state index < -0.39 is 15.7 Å². The van der Waals surface area contributed by atoms with Gasteiger partial charge in [-0.15, -0.1) is 0 Å². The fourth-order valence-corrected chi connectivity index (χ4v) is 4.75. The van der Waals surface area contributed by atoms with Gasteiger partial charge in [0.25, 0.3) is 0 Å². The molecule has 0 aliphatic rings. The van der Waals surface area contributed by atoms with E-state index in [1.165, 1.54) is 28.6 Å². The van der Waals surface area contributed by atoms with Crippen LogP contribution in [0.2, 0.25) is 0 Å². The van der Waals surface area contributed by atoms with E-state index in [-0.39, 0.29) is 35.9 Å². The van der Waals surface area contributed by atoms with E-state index in [0.717, 1.165) is 5.56 Å². The van der Waals surface area contributed by atoms with Gasteiger partial charge in [-0.3, -0.25) is 0 Å². The maximum Gasteiger partial charge on any atom is 0.245 e. The number of aromatic hydroxyl groups is 1. The standard InChI is InChI=1S/C20H27NO4S/c1-4-20(23,14-17-8-6-5-7-9-17)21(15-16(2)3)26(24,25)19-12-10-18(22)11-13-19/h5-13,16,22-23H,4,14-15H2,1-3H3. The smallest absolute Gasteiger partial charge is 0.245 e. The van der Waals surface area contributed by atoms with Gasteiger partial charge >= 0.3 is 0 Å². The van der Waals surface area contributed by atoms with Crippen LogP contribution in [0.4, 0.5) is 0 Å². The van der Waals surface area contributed by atoms with Crippen molar-refractivity contribution >= 4 is 10.0 Å². The Labute approximate surface area is 156 Å². The normalized spacial score (nSPS) is 14.5. The van der Waals surface area contributed by atoms with E-state index in [2.05, 4.69) is 0 Å². The Bertz CT molecular complexity index is 803. The molecule has 1 atom stereocenters. The van der Waals surface area contributed by atoms with Gasteiger partial charge in [0, 0.05) is 13.0 Å². The lowest BCUT2D eigenvalue weighted by Gasteiger charge is -2.39. The number of phenolic OH excluding ortho intramolecular Hbond substituents is 1. The van der Waals surface area contributed by atoms with E-state index >= 15 is 0 Å². The molecule has 2 aromatic rings. The monoisotopic (exact) mass is 377 g/mol. The third-order valence-corrected chi connectivity index (χ3v) is 6.25. The van der Waals surface area contributed by atoms with Crippen molar-refractivity contribution in [1.82, 2.24) is 4.31 Å². The van der Waals surface area contributed by atoms with Crippen LogP contribution >= 0.6 is 0 Å². The molecule has 2 N–H and O–H groups in total. The zero-order chi connectivity index (χ0) is 19.4. The summed E-state index contributed by atoms with van der Waals surface area (Å²) in [7, 11) is -3.93. The summed E-state index contributed by atoms with van der Waals surface area (Å²) in [4.78, 5) is 0.0517. The molecule has 1 unspecified atom stereocenters. The molecule has 6 heteroatoms. The predicted molar refractivity (Wildman–Crippen MR) is 102 cm³/mol. The minimum Gasteiger partial charge on any atom is -0.508 e. The van der Waals surface area contributed by atoms with Gasteiger partial charge < -0.3 is 10.2 Å². The SMILES string of the molecule is CCC(O)(Cc1ccccc1)N(CC(C)C)S(=O)(=O)c1ccc(O)cc1. The van der Waals surface area contributed by atoms with Gasteiger partial charge in [0.15, 0.2) is 0 Å². The largest absolute Gasteiger partial charge is 0.508 e. The summed E-state index contributed by atoms with van der Waals surface area (Å²) < 4.78 is 27.7. The van der Waals surface area contributed by atoms with E-state index in [0.29, 0.717) is 0 Å². The number of benzene rings is 2. The molecule has 0 saturated carbocycles. The zero-order valence-corrected chi connectivity index (χ0v) is 16.3. The highest BCUT2D eigenvalue weighted by molar-refractivity contribution is 7.89. The van der Waals surface area contributed by atoms with Crippen molar-refractivity contribution in [3.05, 3.63) is 60.2 Å². The van der Waals surface area contributed by atoms with Crippen molar-refractivity contribution in [2.75, 3.05) is 6.54 Å². The molecule has 0 aliphatic carbocycles. The van der Waals surface area contributed by atoms with E-state index in [1.54, 1.807) is 6.92 Å². The first-order valence-electron chi connectivity index (χ1n) is 8.77. The van der Waals surface area contributed by atoms with Gasteiger partial charge in [-0.25, -0.2) is 8.42 Å². The Hall–Kier alpha value is -1.89. The van der Waals surface area contributed by atoms with Gasteiger partial charge in [-0.2, -0.15) is 4.31 Å². The second-order valence-corrected chi connectivity index (χ2v) is 8.78. The Balaban J connectivity index is 2.48. The van der Waals surface area contributed by atoms with Crippen molar-refractivity contribution in [1.29, 1.82) is 0 Å². The van der Waals surface area contributed by atoms with Gasteiger partial charge in [-0.1, -0.05) is 51.1 Å². The molecule has 2 aromatic carbocycles. The van der Waals surface area contributed by atoms with Gasteiger partial charge in [-0.05, 0) is 42.2 Å². The van der Waals surface area contributed by atoms with Gasteiger partial charge in [0.05, 0.1) is 4.90 Å². The van der Waals surface area contributed by atoms with E-state index in [9.17, 15) is 18.6 Å². The Morgan fingerprint density at radius 2 is 1.62 bits per heavy atom. The predicted octanol–water partition coefficient (Wildman–Crippen LogP) is 3.38. The quantitative estimate of drug-likeness (QED) is 0.692. The maximum atomic E-state index is 13.3. The number of nitrogens with zero attached hydrogens (tertiary/aromatic N) is 1. The molecule has 0 radical (unpaired) electrons. The van der Waals surface area contributed by atoms with Crippen molar-refractivity contribution in [2.45, 2.75) is 44.2 Å². The number of aliphatic hydroxyl groups is 1. The van der Waals surface area contributed by atoms with Crippen LogP contribution in [0.5, 0.6) is 5.75 Å². The summed E-state index contributed by atoms with van der Waals surface area (Å²) in [6, 6.07) is 14.8. The minimum absolute atomic E-state index is 0.00519. The first-order valence-corrected chi connectivity index (χ1v) is 10.2. The van der Waals surface area contributed by atoms with Crippen LogP contribution in [0.3, 0.4) is 0 Å². The molecule has 26 heavy (non-hydrogen) atoms. The fraction of sp³-hybridized carbons (Fsp3) is 0.400. The number of hydrogen-bond donors (Lipinski definition) is 2. The molecule has 0 aliphatic heterocycles. The molecule has 0 saturated heterocycles. The molecule has 0 fully saturated rings. The van der Waals surface area contributed by atoms with Crippen LogP contribution in [0.1, 0.15) is 32.8 Å². The van der Waals surface area contributed by atoms with E-state index in [4.69, 9.17) is 0 Å². The molecule has 0 amide bonds. The molecule has 2 rings (SSSR count). The fourth-order valence-electron chi connectivity index (χ4n) is 2.88. The van der Waals surface area contributed by atoms with Gasteiger partial charge in [0.1, 0.15) is 11.5 Å². The summed E-state index contributed by atoms with van der Waals surface area (Å²) in [5, 5.41) is 20.8. The summed E-state index contributed by atoms with van der Waals surface area (Å²) in [5.41, 5.74) is -0.672. The Morgan fingerprint density at radius 1 is 1.04 bits per heavy atom. The van der Waals surface area contributed by atoms with Crippen LogP contribution < -0.4 is 0 Å². The lowest BCUT2D eigenvalue weighted by Crippen LogP contribution is -2.54. The van der Waals surface area contributed by atoms with Crippen molar-refractivity contribution in [2.24, 2.45) is 5.92 Å². The maximum absolute atomic E-state index is 13.3. The first-order chi connectivity index (χ1) is 12.2. The first kappa shape index (κ1) is 20.4. The summed E-state index contributed by atoms with van der Waals surface area (Å²) >= 11 is 0. The van der Waals surface area contributed by atoms with Crippen LogP contribution in [-0.4, -0.2) is 35.2 Å². The summed E-state index contributed by atoms with van der Waals surface area (Å²) in [6.07, 6.45) is 0.459. The Morgan fingerprint density at radius 3 is 2.12 bits per heavy atom. The summed E-state index contributed by atoms with van der Waals surface area (Å²) in [6.45, 7) is 5.80. The van der Waals surface area contributed by atoms with Crippen molar-refractivity contribution in [3.8, 4) is 5.75 Å². The highest BCUT2D eigenvalue weighted by Gasteiger charge is 2.41. The average molecular weight is 378 g/mol.